The number of carboxylic acid groups (broad SMARTS) is 1. The maximum atomic E-state index is 13.4. The highest BCUT2D eigenvalue weighted by Crippen LogP contribution is 2.29. The molecule has 0 aliphatic heterocycles. The van der Waals surface area contributed by atoms with Gasteiger partial charge in [-0.3, -0.25) is 10.1 Å². The van der Waals surface area contributed by atoms with Crippen molar-refractivity contribution in [2.75, 3.05) is 0 Å². The summed E-state index contributed by atoms with van der Waals surface area (Å²) in [7, 11) is 0. The van der Waals surface area contributed by atoms with E-state index < -0.39 is 40.3 Å². The second kappa shape index (κ2) is 4.68. The third kappa shape index (κ3) is 2.62. The van der Waals surface area contributed by atoms with Gasteiger partial charge in [-0.2, -0.15) is 8.78 Å². The van der Waals surface area contributed by atoms with E-state index >= 15 is 0 Å². The van der Waals surface area contributed by atoms with E-state index in [0.29, 0.717) is 12.1 Å². The molecule has 0 radical (unpaired) electrons. The molecule has 0 bridgehead atoms. The second-order valence-corrected chi connectivity index (χ2v) is 2.71. The van der Waals surface area contributed by atoms with Gasteiger partial charge in [-0.05, 0) is 6.07 Å². The molecule has 6 nitrogen and oxygen atoms in total. The number of nitro benzene ring substituents is 1. The normalized spacial score (nSPS) is 10.4. The summed E-state index contributed by atoms with van der Waals surface area (Å²) in [5, 5.41) is 19.0. The van der Waals surface area contributed by atoms with Crippen LogP contribution in [0.5, 0.6) is 5.75 Å². The van der Waals surface area contributed by atoms with Crippen molar-refractivity contribution in [2.45, 2.75) is 6.61 Å². The van der Waals surface area contributed by atoms with Gasteiger partial charge in [0.05, 0.1) is 4.92 Å². The van der Waals surface area contributed by atoms with Gasteiger partial charge in [0.25, 0.3) is 5.69 Å². The van der Waals surface area contributed by atoms with Crippen molar-refractivity contribution in [1.29, 1.82) is 0 Å². The Morgan fingerprint density at radius 3 is 2.47 bits per heavy atom. The van der Waals surface area contributed by atoms with Gasteiger partial charge in [-0.25, -0.2) is 9.18 Å². The summed E-state index contributed by atoms with van der Waals surface area (Å²) < 4.78 is 40.7. The van der Waals surface area contributed by atoms with Crippen LogP contribution in [-0.4, -0.2) is 22.6 Å². The van der Waals surface area contributed by atoms with Crippen LogP contribution in [0.1, 0.15) is 10.4 Å². The van der Waals surface area contributed by atoms with E-state index in [2.05, 4.69) is 4.74 Å². The summed E-state index contributed by atoms with van der Waals surface area (Å²) in [6.45, 7) is -3.37. The maximum absolute atomic E-state index is 13.4. The molecule has 0 unspecified atom stereocenters. The van der Waals surface area contributed by atoms with Crippen LogP contribution < -0.4 is 4.74 Å². The molecule has 1 aromatic rings. The van der Waals surface area contributed by atoms with Crippen molar-refractivity contribution in [3.05, 3.63) is 33.6 Å². The van der Waals surface area contributed by atoms with Gasteiger partial charge in [-0.1, -0.05) is 0 Å². The molecule has 1 aromatic carbocycles. The van der Waals surface area contributed by atoms with Crippen LogP contribution in [0.4, 0.5) is 18.9 Å². The van der Waals surface area contributed by atoms with E-state index in [4.69, 9.17) is 5.11 Å². The molecule has 1 N–H and O–H groups in total. The van der Waals surface area contributed by atoms with E-state index in [1.54, 1.807) is 0 Å². The van der Waals surface area contributed by atoms with Crippen molar-refractivity contribution >= 4 is 11.7 Å². The van der Waals surface area contributed by atoms with E-state index in [0.717, 1.165) is 0 Å². The average molecular weight is 251 g/mol. The molecule has 17 heavy (non-hydrogen) atoms. The number of rotatable bonds is 4. The average Bonchev–Trinajstić information content (AvgIpc) is 2.19. The highest BCUT2D eigenvalue weighted by molar-refractivity contribution is 5.93. The Kier molecular flexibility index (Phi) is 3.51. The molecule has 0 fully saturated rings. The Hall–Kier alpha value is -2.32. The summed E-state index contributed by atoms with van der Waals surface area (Å²) >= 11 is 0. The first kappa shape index (κ1) is 12.7. The number of nitro groups is 1. The smallest absolute Gasteiger partial charge is 0.387 e. The van der Waals surface area contributed by atoms with Crippen LogP contribution in [0.25, 0.3) is 0 Å². The Balaban J connectivity index is 3.38. The molecule has 0 spiro atoms. The summed E-state index contributed by atoms with van der Waals surface area (Å²) in [4.78, 5) is 19.9. The van der Waals surface area contributed by atoms with Gasteiger partial charge < -0.3 is 9.84 Å². The van der Waals surface area contributed by atoms with Crippen LogP contribution in [0.15, 0.2) is 12.1 Å². The summed E-state index contributed by atoms with van der Waals surface area (Å²) in [6.07, 6.45) is 0. The molecule has 92 valence electrons. The van der Waals surface area contributed by atoms with Crippen LogP contribution in [0, 0.1) is 15.9 Å². The minimum atomic E-state index is -3.37. The fraction of sp³-hybridized carbons (Fsp3) is 0.125. The predicted octanol–water partition coefficient (Wildman–Crippen LogP) is 2.03. The number of benzene rings is 1. The van der Waals surface area contributed by atoms with E-state index in [-0.39, 0.29) is 0 Å². The highest BCUT2D eigenvalue weighted by Gasteiger charge is 2.28. The molecule has 0 atom stereocenters. The standard InChI is InChI=1S/C8H4F3NO5/c9-6-4(17-8(10)11)2-1-3(12(15)16)5(6)7(13)14/h1-2,8H,(H,13,14). The number of ether oxygens (including phenoxy) is 1. The van der Waals surface area contributed by atoms with Crippen molar-refractivity contribution in [2.24, 2.45) is 0 Å². The largest absolute Gasteiger partial charge is 0.477 e. The fourth-order valence-corrected chi connectivity index (χ4v) is 1.09. The molecular formula is C8H4F3NO5. The summed E-state index contributed by atoms with van der Waals surface area (Å²) in [5.74, 6) is -4.73. The van der Waals surface area contributed by atoms with Crippen molar-refractivity contribution in [3.63, 3.8) is 0 Å². The molecule has 0 heterocycles. The van der Waals surface area contributed by atoms with Crippen molar-refractivity contribution in [1.82, 2.24) is 0 Å². The van der Waals surface area contributed by atoms with Crippen LogP contribution in [0.3, 0.4) is 0 Å². The molecule has 9 heteroatoms. The topological polar surface area (TPSA) is 89.7 Å². The third-order valence-electron chi connectivity index (χ3n) is 1.71. The Morgan fingerprint density at radius 1 is 1.47 bits per heavy atom. The molecular weight excluding hydrogens is 247 g/mol. The zero-order valence-corrected chi connectivity index (χ0v) is 7.89. The van der Waals surface area contributed by atoms with Crippen LogP contribution in [-0.2, 0) is 0 Å². The first-order valence-corrected chi connectivity index (χ1v) is 3.99. The van der Waals surface area contributed by atoms with Crippen molar-refractivity contribution < 1.29 is 32.7 Å². The van der Waals surface area contributed by atoms with Crippen molar-refractivity contribution in [3.8, 4) is 5.75 Å². The molecule has 1 rings (SSSR count). The lowest BCUT2D eigenvalue weighted by atomic mass is 10.1. The first-order valence-electron chi connectivity index (χ1n) is 3.99. The number of hydrogen-bond donors (Lipinski definition) is 1. The molecule has 0 saturated heterocycles. The van der Waals surface area contributed by atoms with E-state index in [1.807, 2.05) is 0 Å². The summed E-state index contributed by atoms with van der Waals surface area (Å²) in [5.41, 5.74) is -2.37. The molecule has 0 aromatic heterocycles. The van der Waals surface area contributed by atoms with Gasteiger partial charge in [-0.15, -0.1) is 0 Å². The van der Waals surface area contributed by atoms with Gasteiger partial charge in [0.2, 0.25) is 0 Å². The number of nitrogens with zero attached hydrogens (tertiary/aromatic N) is 1. The number of carboxylic acids is 1. The van der Waals surface area contributed by atoms with E-state index in [9.17, 15) is 28.1 Å². The SMILES string of the molecule is O=C(O)c1c([N+](=O)[O-])ccc(OC(F)F)c1F. The number of aromatic carboxylic acids is 1. The van der Waals surface area contributed by atoms with Crippen LogP contribution in [0.2, 0.25) is 0 Å². The minimum absolute atomic E-state index is 0.562. The van der Waals surface area contributed by atoms with E-state index in [1.165, 1.54) is 0 Å². The lowest BCUT2D eigenvalue weighted by Crippen LogP contribution is -2.10. The monoisotopic (exact) mass is 251 g/mol. The zero-order chi connectivity index (χ0) is 13.2. The molecule has 0 saturated carbocycles. The Morgan fingerprint density at radius 2 is 2.06 bits per heavy atom. The number of carbonyl (C=O) groups is 1. The number of alkyl halides is 2. The van der Waals surface area contributed by atoms with Gasteiger partial charge in [0, 0.05) is 6.07 Å². The Labute approximate surface area is 91.4 Å². The number of halogens is 3. The lowest BCUT2D eigenvalue weighted by Gasteiger charge is -2.07. The molecule has 0 aliphatic rings. The predicted molar refractivity (Wildman–Crippen MR) is 46.6 cm³/mol. The fourth-order valence-electron chi connectivity index (χ4n) is 1.09. The van der Waals surface area contributed by atoms with Gasteiger partial charge in [0.15, 0.2) is 17.1 Å². The quantitative estimate of drug-likeness (QED) is 0.653. The number of hydrogen-bond acceptors (Lipinski definition) is 4. The Bertz CT molecular complexity index is 476. The maximum Gasteiger partial charge on any atom is 0.387 e. The van der Waals surface area contributed by atoms with Gasteiger partial charge >= 0.3 is 12.6 Å². The summed E-state index contributed by atoms with van der Waals surface area (Å²) in [6, 6.07) is 1.14. The molecule has 0 aliphatic carbocycles. The first-order chi connectivity index (χ1) is 7.84. The highest BCUT2D eigenvalue weighted by atomic mass is 19.3. The third-order valence-corrected chi connectivity index (χ3v) is 1.71. The van der Waals surface area contributed by atoms with Crippen LogP contribution >= 0.6 is 0 Å². The molecule has 0 amide bonds. The minimum Gasteiger partial charge on any atom is -0.477 e. The zero-order valence-electron chi connectivity index (χ0n) is 7.89. The lowest BCUT2D eigenvalue weighted by molar-refractivity contribution is -0.385. The second-order valence-electron chi connectivity index (χ2n) is 2.71. The van der Waals surface area contributed by atoms with Gasteiger partial charge in [0.1, 0.15) is 0 Å².